The number of rotatable bonds is 10. The molecular weight excluding hydrogens is 462 g/mol. The molecule has 4 aromatic rings. The summed E-state index contributed by atoms with van der Waals surface area (Å²) in [6, 6.07) is 25.1. The summed E-state index contributed by atoms with van der Waals surface area (Å²) in [5, 5.41) is 16.5. The van der Waals surface area contributed by atoms with Gasteiger partial charge in [-0.3, -0.25) is 15.3 Å². The van der Waals surface area contributed by atoms with Gasteiger partial charge >= 0.3 is 5.97 Å². The first-order valence-electron chi connectivity index (χ1n) is 11.2. The van der Waals surface area contributed by atoms with Crippen LogP contribution in [0.15, 0.2) is 78.9 Å². The number of methoxy groups -OCH3 is 1. The number of hydrogen-bond donors (Lipinski definition) is 4. The van der Waals surface area contributed by atoms with Crippen LogP contribution in [-0.2, 0) is 29.2 Å². The SMILES string of the molecule is COC(=O)[C@@H](NCc1ccc(CNCc2ccc3cc(C(=O)NO)sc3c2)cc1)c1ccccc1. The molecule has 0 saturated carbocycles. The van der Waals surface area contributed by atoms with E-state index in [0.29, 0.717) is 24.5 Å². The first kappa shape index (κ1) is 24.6. The van der Waals surface area contributed by atoms with E-state index in [1.807, 2.05) is 42.5 Å². The van der Waals surface area contributed by atoms with Gasteiger partial charge in [0.25, 0.3) is 5.91 Å². The van der Waals surface area contributed by atoms with E-state index in [9.17, 15) is 9.59 Å². The van der Waals surface area contributed by atoms with Crippen LogP contribution in [0.5, 0.6) is 0 Å². The van der Waals surface area contributed by atoms with Gasteiger partial charge in [0.1, 0.15) is 6.04 Å². The predicted molar refractivity (Wildman–Crippen MR) is 136 cm³/mol. The topological polar surface area (TPSA) is 99.7 Å². The third-order valence-electron chi connectivity index (χ3n) is 5.67. The summed E-state index contributed by atoms with van der Waals surface area (Å²) in [7, 11) is 1.40. The van der Waals surface area contributed by atoms with Gasteiger partial charge in [-0.25, -0.2) is 10.3 Å². The van der Waals surface area contributed by atoms with Crippen molar-refractivity contribution >= 4 is 33.3 Å². The molecule has 0 radical (unpaired) electrons. The van der Waals surface area contributed by atoms with E-state index in [4.69, 9.17) is 9.94 Å². The summed E-state index contributed by atoms with van der Waals surface area (Å²) in [5.41, 5.74) is 5.89. The molecule has 8 heteroatoms. The van der Waals surface area contributed by atoms with Crippen LogP contribution in [0.3, 0.4) is 0 Å². The minimum Gasteiger partial charge on any atom is -0.468 e. The van der Waals surface area contributed by atoms with E-state index >= 15 is 0 Å². The molecule has 0 aliphatic rings. The fraction of sp³-hybridized carbons (Fsp3) is 0.185. The molecule has 0 aliphatic carbocycles. The Bertz CT molecular complexity index is 1290. The standard InChI is InChI=1S/C27H27N3O4S/c1-34-27(32)25(21-5-3-2-4-6-21)29-17-19-9-7-18(8-10-19)15-28-16-20-11-12-22-14-24(26(31)30-33)35-23(22)13-20/h2-14,25,28-29,33H,15-17H2,1H3,(H,30,31)/t25-/m0/s1. The van der Waals surface area contributed by atoms with Crippen molar-refractivity contribution in [1.82, 2.24) is 16.1 Å². The maximum Gasteiger partial charge on any atom is 0.327 e. The highest BCUT2D eigenvalue weighted by atomic mass is 32.1. The van der Waals surface area contributed by atoms with Crippen LogP contribution in [0.25, 0.3) is 10.1 Å². The molecule has 0 spiro atoms. The number of esters is 1. The lowest BCUT2D eigenvalue weighted by atomic mass is 10.1. The van der Waals surface area contributed by atoms with Gasteiger partial charge in [-0.15, -0.1) is 11.3 Å². The van der Waals surface area contributed by atoms with Crippen LogP contribution in [0.4, 0.5) is 0 Å². The largest absolute Gasteiger partial charge is 0.468 e. The molecule has 0 fully saturated rings. The zero-order valence-corrected chi connectivity index (χ0v) is 20.1. The van der Waals surface area contributed by atoms with Gasteiger partial charge < -0.3 is 10.1 Å². The van der Waals surface area contributed by atoms with Crippen LogP contribution in [0.1, 0.15) is 38.0 Å². The minimum atomic E-state index is -0.516. The van der Waals surface area contributed by atoms with E-state index in [1.54, 1.807) is 11.5 Å². The van der Waals surface area contributed by atoms with Crippen molar-refractivity contribution in [2.75, 3.05) is 7.11 Å². The normalized spacial score (nSPS) is 11.8. The lowest BCUT2D eigenvalue weighted by Gasteiger charge is -2.17. The molecule has 4 rings (SSSR count). The number of thiophene rings is 1. The first-order chi connectivity index (χ1) is 17.1. The third kappa shape index (κ3) is 6.32. The summed E-state index contributed by atoms with van der Waals surface area (Å²) < 4.78 is 5.96. The van der Waals surface area contributed by atoms with Gasteiger partial charge in [0.2, 0.25) is 0 Å². The molecule has 1 atom stereocenters. The van der Waals surface area contributed by atoms with Crippen LogP contribution in [0.2, 0.25) is 0 Å². The summed E-state index contributed by atoms with van der Waals surface area (Å²) in [6.07, 6.45) is 0. The molecule has 1 amide bonds. The second-order valence-corrected chi connectivity index (χ2v) is 9.18. The second kappa shape index (κ2) is 11.7. The molecule has 0 bridgehead atoms. The molecular formula is C27H27N3O4S. The fourth-order valence-corrected chi connectivity index (χ4v) is 4.82. The highest BCUT2D eigenvalue weighted by Gasteiger charge is 2.20. The van der Waals surface area contributed by atoms with Gasteiger partial charge in [-0.2, -0.15) is 0 Å². The number of amides is 1. The maximum atomic E-state index is 12.2. The number of ether oxygens (including phenoxy) is 1. The van der Waals surface area contributed by atoms with Crippen molar-refractivity contribution in [1.29, 1.82) is 0 Å². The minimum absolute atomic E-state index is 0.314. The summed E-state index contributed by atoms with van der Waals surface area (Å²) in [4.78, 5) is 24.3. The van der Waals surface area contributed by atoms with Crippen LogP contribution >= 0.6 is 11.3 Å². The Hall–Kier alpha value is -3.56. The second-order valence-electron chi connectivity index (χ2n) is 8.09. The Morgan fingerprint density at radius 3 is 2.23 bits per heavy atom. The summed E-state index contributed by atoms with van der Waals surface area (Å²) in [5.74, 6) is -0.809. The zero-order chi connectivity index (χ0) is 24.6. The highest BCUT2D eigenvalue weighted by molar-refractivity contribution is 7.20. The Labute approximate surface area is 207 Å². The van der Waals surface area contributed by atoms with E-state index in [-0.39, 0.29) is 5.97 Å². The zero-order valence-electron chi connectivity index (χ0n) is 19.3. The van der Waals surface area contributed by atoms with Crippen LogP contribution in [-0.4, -0.2) is 24.2 Å². The maximum absolute atomic E-state index is 12.2. The molecule has 4 N–H and O–H groups in total. The van der Waals surface area contributed by atoms with Crippen molar-refractivity contribution in [3.63, 3.8) is 0 Å². The molecule has 3 aromatic carbocycles. The van der Waals surface area contributed by atoms with Crippen molar-refractivity contribution in [3.05, 3.63) is 106 Å². The average molecular weight is 490 g/mol. The highest BCUT2D eigenvalue weighted by Crippen LogP contribution is 2.26. The van der Waals surface area contributed by atoms with Crippen molar-refractivity contribution in [3.8, 4) is 0 Å². The molecule has 1 heterocycles. The number of hydroxylamine groups is 1. The third-order valence-corrected chi connectivity index (χ3v) is 6.77. The smallest absolute Gasteiger partial charge is 0.327 e. The Kier molecular flexibility index (Phi) is 8.23. The molecule has 7 nitrogen and oxygen atoms in total. The quantitative estimate of drug-likeness (QED) is 0.150. The lowest BCUT2D eigenvalue weighted by Crippen LogP contribution is -2.29. The number of carbonyl (C=O) groups excluding carboxylic acids is 2. The number of benzene rings is 3. The van der Waals surface area contributed by atoms with E-state index in [0.717, 1.165) is 32.3 Å². The summed E-state index contributed by atoms with van der Waals surface area (Å²) >= 11 is 1.35. The average Bonchev–Trinajstić information content (AvgIpc) is 3.33. The molecule has 0 saturated heterocycles. The van der Waals surface area contributed by atoms with Crippen LogP contribution < -0.4 is 16.1 Å². The van der Waals surface area contributed by atoms with Crippen molar-refractivity contribution in [2.45, 2.75) is 25.7 Å². The molecule has 0 aliphatic heterocycles. The molecule has 180 valence electrons. The van der Waals surface area contributed by atoms with Gasteiger partial charge in [0, 0.05) is 24.3 Å². The number of carbonyl (C=O) groups is 2. The van der Waals surface area contributed by atoms with Crippen molar-refractivity contribution in [2.24, 2.45) is 0 Å². The van der Waals surface area contributed by atoms with Gasteiger partial charge in [-0.05, 0) is 39.8 Å². The lowest BCUT2D eigenvalue weighted by molar-refractivity contribution is -0.143. The van der Waals surface area contributed by atoms with Crippen LogP contribution in [0, 0.1) is 0 Å². The Morgan fingerprint density at radius 2 is 1.54 bits per heavy atom. The van der Waals surface area contributed by atoms with E-state index in [2.05, 4.69) is 41.0 Å². The van der Waals surface area contributed by atoms with E-state index < -0.39 is 11.9 Å². The Balaban J connectivity index is 1.30. The van der Waals surface area contributed by atoms with E-state index in [1.165, 1.54) is 18.4 Å². The van der Waals surface area contributed by atoms with Gasteiger partial charge in [-0.1, -0.05) is 66.7 Å². The number of nitrogens with one attached hydrogen (secondary N) is 3. The van der Waals surface area contributed by atoms with Crippen molar-refractivity contribution < 1.29 is 19.5 Å². The molecule has 1 aromatic heterocycles. The number of hydrogen-bond acceptors (Lipinski definition) is 7. The van der Waals surface area contributed by atoms with Gasteiger partial charge in [0.15, 0.2) is 0 Å². The fourth-order valence-electron chi connectivity index (χ4n) is 3.80. The van der Waals surface area contributed by atoms with Gasteiger partial charge in [0.05, 0.1) is 12.0 Å². The summed E-state index contributed by atoms with van der Waals surface area (Å²) in [6.45, 7) is 1.94. The Morgan fingerprint density at radius 1 is 0.886 bits per heavy atom. The first-order valence-corrected chi connectivity index (χ1v) is 12.0. The predicted octanol–water partition coefficient (Wildman–Crippen LogP) is 4.31. The molecule has 0 unspecified atom stereocenters. The molecule has 35 heavy (non-hydrogen) atoms. The number of fused-ring (bicyclic) bond motifs is 1. The monoisotopic (exact) mass is 489 g/mol.